The second kappa shape index (κ2) is 8.19. The highest BCUT2D eigenvalue weighted by Gasteiger charge is 2.19. The van der Waals surface area contributed by atoms with Crippen molar-refractivity contribution in [2.45, 2.75) is 19.4 Å². The quantitative estimate of drug-likeness (QED) is 0.788. The summed E-state index contributed by atoms with van der Waals surface area (Å²) in [5.74, 6) is -0.0321. The Morgan fingerprint density at radius 1 is 1.21 bits per heavy atom. The first-order valence-corrected chi connectivity index (χ1v) is 7.74. The minimum absolute atomic E-state index is 0.314. The first kappa shape index (κ1) is 17.6. The van der Waals surface area contributed by atoms with Gasteiger partial charge >= 0.3 is 5.97 Å². The summed E-state index contributed by atoms with van der Waals surface area (Å²) >= 11 is 0. The molecule has 1 amide bonds. The molecule has 6 heteroatoms. The van der Waals surface area contributed by atoms with E-state index in [-0.39, 0.29) is 5.91 Å². The number of carbonyl (C=O) groups excluding carboxylic acids is 2. The number of carbonyl (C=O) groups is 2. The zero-order valence-electron chi connectivity index (χ0n) is 14.1. The van der Waals surface area contributed by atoms with Gasteiger partial charge in [0.2, 0.25) is 0 Å². The number of amides is 1. The van der Waals surface area contributed by atoms with Gasteiger partial charge in [0.1, 0.15) is 11.4 Å². The highest BCUT2D eigenvalue weighted by molar-refractivity contribution is 5.90. The number of esters is 1. The van der Waals surface area contributed by atoms with Gasteiger partial charge in [0, 0.05) is 19.8 Å². The van der Waals surface area contributed by atoms with E-state index in [0.717, 1.165) is 11.3 Å². The Hall–Kier alpha value is -2.76. The molecule has 0 radical (unpaired) electrons. The van der Waals surface area contributed by atoms with E-state index in [1.165, 1.54) is 0 Å². The fourth-order valence-corrected chi connectivity index (χ4v) is 2.21. The van der Waals surface area contributed by atoms with Crippen LogP contribution in [0, 0.1) is 0 Å². The number of hydrogen-bond donors (Lipinski definition) is 1. The molecule has 1 aromatic carbocycles. The van der Waals surface area contributed by atoms with E-state index in [0.29, 0.717) is 18.7 Å². The predicted molar refractivity (Wildman–Crippen MR) is 90.0 cm³/mol. The van der Waals surface area contributed by atoms with Gasteiger partial charge in [-0.05, 0) is 43.2 Å². The maximum absolute atomic E-state index is 12.0. The van der Waals surface area contributed by atoms with Gasteiger partial charge in [-0.3, -0.25) is 4.79 Å². The van der Waals surface area contributed by atoms with Crippen molar-refractivity contribution in [1.82, 2.24) is 9.88 Å². The lowest BCUT2D eigenvalue weighted by Crippen LogP contribution is -2.37. The molecule has 0 aliphatic rings. The van der Waals surface area contributed by atoms with Gasteiger partial charge in [-0.25, -0.2) is 4.79 Å². The Bertz CT molecular complexity index is 691. The Balaban J connectivity index is 1.77. The summed E-state index contributed by atoms with van der Waals surface area (Å²) in [5, 5.41) is 2.77. The van der Waals surface area contributed by atoms with Crippen molar-refractivity contribution in [2.75, 3.05) is 13.7 Å². The number of hydrogen-bond acceptors (Lipinski definition) is 4. The molecule has 0 spiro atoms. The van der Waals surface area contributed by atoms with Crippen molar-refractivity contribution >= 4 is 11.9 Å². The standard InChI is InChI=1S/C18H22N2O4/c1-13(24-18(22)16-5-4-12-20(16)2)17(21)19-11-10-14-6-8-15(23-3)9-7-14/h4-9,12-13H,10-11H2,1-3H3,(H,19,21)/t13-/m0/s1. The van der Waals surface area contributed by atoms with Gasteiger partial charge in [0.05, 0.1) is 7.11 Å². The number of aromatic nitrogens is 1. The predicted octanol–water partition coefficient (Wildman–Crippen LogP) is 1.94. The minimum Gasteiger partial charge on any atom is -0.497 e. The Labute approximate surface area is 141 Å². The topological polar surface area (TPSA) is 69.6 Å². The van der Waals surface area contributed by atoms with Crippen LogP contribution in [0.15, 0.2) is 42.6 Å². The number of benzene rings is 1. The summed E-state index contributed by atoms with van der Waals surface area (Å²) in [7, 11) is 3.36. The number of methoxy groups -OCH3 is 1. The Morgan fingerprint density at radius 2 is 1.92 bits per heavy atom. The summed E-state index contributed by atoms with van der Waals surface area (Å²) in [6, 6.07) is 11.0. The highest BCUT2D eigenvalue weighted by atomic mass is 16.5. The average molecular weight is 330 g/mol. The molecular formula is C18H22N2O4. The van der Waals surface area contributed by atoms with Crippen LogP contribution >= 0.6 is 0 Å². The lowest BCUT2D eigenvalue weighted by Gasteiger charge is -2.14. The molecule has 0 aliphatic heterocycles. The molecule has 1 aromatic heterocycles. The van der Waals surface area contributed by atoms with Crippen LogP contribution in [-0.2, 0) is 23.0 Å². The van der Waals surface area contributed by atoms with Crippen LogP contribution in [-0.4, -0.2) is 36.2 Å². The van der Waals surface area contributed by atoms with E-state index in [1.54, 1.807) is 44.0 Å². The Kier molecular flexibility index (Phi) is 6.01. The van der Waals surface area contributed by atoms with Crippen LogP contribution in [0.4, 0.5) is 0 Å². The summed E-state index contributed by atoms with van der Waals surface area (Å²) in [6.45, 7) is 2.03. The lowest BCUT2D eigenvalue weighted by molar-refractivity contribution is -0.129. The maximum atomic E-state index is 12.0. The van der Waals surface area contributed by atoms with Crippen molar-refractivity contribution in [3.05, 3.63) is 53.9 Å². The summed E-state index contributed by atoms with van der Waals surface area (Å²) in [5.41, 5.74) is 1.50. The van der Waals surface area contributed by atoms with Gasteiger partial charge in [-0.2, -0.15) is 0 Å². The largest absolute Gasteiger partial charge is 0.497 e. The molecule has 128 valence electrons. The first-order valence-electron chi connectivity index (χ1n) is 7.74. The molecule has 0 aliphatic carbocycles. The molecule has 0 fully saturated rings. The third kappa shape index (κ3) is 4.62. The second-order valence-electron chi connectivity index (χ2n) is 5.44. The SMILES string of the molecule is COc1ccc(CCNC(=O)[C@H](C)OC(=O)c2cccn2C)cc1. The number of ether oxygens (including phenoxy) is 2. The van der Waals surface area contributed by atoms with E-state index >= 15 is 0 Å². The molecule has 2 rings (SSSR count). The highest BCUT2D eigenvalue weighted by Crippen LogP contribution is 2.11. The minimum atomic E-state index is -0.844. The van der Waals surface area contributed by atoms with Crippen molar-refractivity contribution in [1.29, 1.82) is 0 Å². The van der Waals surface area contributed by atoms with Crippen LogP contribution < -0.4 is 10.1 Å². The summed E-state index contributed by atoms with van der Waals surface area (Å²) in [6.07, 6.45) is 1.59. The molecule has 0 unspecified atom stereocenters. The molecule has 2 aromatic rings. The third-order valence-electron chi connectivity index (χ3n) is 3.68. The molecule has 0 saturated heterocycles. The van der Waals surface area contributed by atoms with E-state index in [4.69, 9.17) is 9.47 Å². The van der Waals surface area contributed by atoms with Gasteiger partial charge in [0.25, 0.3) is 5.91 Å². The molecule has 1 heterocycles. The number of aryl methyl sites for hydroxylation is 1. The molecule has 0 saturated carbocycles. The van der Waals surface area contributed by atoms with Gasteiger partial charge in [0.15, 0.2) is 6.10 Å². The molecule has 1 atom stereocenters. The molecule has 1 N–H and O–H groups in total. The van der Waals surface area contributed by atoms with Crippen molar-refractivity contribution < 1.29 is 19.1 Å². The number of nitrogens with one attached hydrogen (secondary N) is 1. The zero-order valence-corrected chi connectivity index (χ0v) is 14.1. The number of rotatable bonds is 7. The summed E-state index contributed by atoms with van der Waals surface area (Å²) in [4.78, 5) is 24.0. The van der Waals surface area contributed by atoms with Gasteiger partial charge in [-0.15, -0.1) is 0 Å². The van der Waals surface area contributed by atoms with E-state index in [9.17, 15) is 9.59 Å². The zero-order chi connectivity index (χ0) is 17.5. The fraction of sp³-hybridized carbons (Fsp3) is 0.333. The van der Waals surface area contributed by atoms with Crippen LogP contribution in [0.25, 0.3) is 0 Å². The van der Waals surface area contributed by atoms with Crippen LogP contribution in [0.1, 0.15) is 23.0 Å². The van der Waals surface area contributed by atoms with E-state index < -0.39 is 12.1 Å². The molecular weight excluding hydrogens is 308 g/mol. The van der Waals surface area contributed by atoms with Crippen LogP contribution in [0.5, 0.6) is 5.75 Å². The normalized spacial score (nSPS) is 11.6. The third-order valence-corrected chi connectivity index (χ3v) is 3.68. The van der Waals surface area contributed by atoms with Gasteiger partial charge in [-0.1, -0.05) is 12.1 Å². The Morgan fingerprint density at radius 3 is 2.50 bits per heavy atom. The lowest BCUT2D eigenvalue weighted by atomic mass is 10.1. The molecule has 0 bridgehead atoms. The van der Waals surface area contributed by atoms with E-state index in [1.807, 2.05) is 24.3 Å². The van der Waals surface area contributed by atoms with Crippen molar-refractivity contribution in [3.63, 3.8) is 0 Å². The average Bonchev–Trinajstić information content (AvgIpc) is 3.01. The smallest absolute Gasteiger partial charge is 0.355 e. The van der Waals surface area contributed by atoms with Crippen molar-refractivity contribution in [2.24, 2.45) is 7.05 Å². The molecule has 24 heavy (non-hydrogen) atoms. The van der Waals surface area contributed by atoms with Crippen LogP contribution in [0.3, 0.4) is 0 Å². The van der Waals surface area contributed by atoms with Gasteiger partial charge < -0.3 is 19.4 Å². The molecule has 6 nitrogen and oxygen atoms in total. The maximum Gasteiger partial charge on any atom is 0.355 e. The van der Waals surface area contributed by atoms with Crippen molar-refractivity contribution in [3.8, 4) is 5.75 Å². The second-order valence-corrected chi connectivity index (χ2v) is 5.44. The van der Waals surface area contributed by atoms with E-state index in [2.05, 4.69) is 5.32 Å². The van der Waals surface area contributed by atoms with Crippen LogP contribution in [0.2, 0.25) is 0 Å². The number of nitrogens with zero attached hydrogens (tertiary/aromatic N) is 1. The monoisotopic (exact) mass is 330 g/mol. The fourth-order valence-electron chi connectivity index (χ4n) is 2.21. The first-order chi connectivity index (χ1) is 11.5. The summed E-state index contributed by atoms with van der Waals surface area (Å²) < 4.78 is 11.9.